The van der Waals surface area contributed by atoms with E-state index in [0.29, 0.717) is 16.4 Å². The number of halogens is 1. The van der Waals surface area contributed by atoms with Crippen molar-refractivity contribution < 1.29 is 18.1 Å². The van der Waals surface area contributed by atoms with Crippen molar-refractivity contribution in [2.45, 2.75) is 11.8 Å². The van der Waals surface area contributed by atoms with Crippen molar-refractivity contribution in [3.63, 3.8) is 0 Å². The van der Waals surface area contributed by atoms with E-state index in [4.69, 9.17) is 11.6 Å². The lowest BCUT2D eigenvalue weighted by Gasteiger charge is -2.33. The van der Waals surface area contributed by atoms with Crippen LogP contribution in [0.1, 0.15) is 11.3 Å². The lowest BCUT2D eigenvalue weighted by Crippen LogP contribution is -2.50. The standard InChI is InChI=1S/C19H18ClN5O5S2/c1-13-2-3-14(25(27)28)12-16(13)32(29,30)23-8-6-22(7-9-23)17(26)5-4-15-18(20)21-19-24(15)10-11-31-19/h2-5,10-12H,6-9H2,1H3/b5-4+. The summed E-state index contributed by atoms with van der Waals surface area (Å²) in [7, 11) is -3.92. The molecule has 3 heterocycles. The Kier molecular flexibility index (Phi) is 6.03. The van der Waals surface area contributed by atoms with Gasteiger partial charge in [0.05, 0.1) is 15.5 Å². The summed E-state index contributed by atoms with van der Waals surface area (Å²) in [6.45, 7) is 2.17. The maximum atomic E-state index is 13.0. The van der Waals surface area contributed by atoms with E-state index in [1.807, 2.05) is 11.6 Å². The molecule has 1 aliphatic heterocycles. The number of sulfonamides is 1. The topological polar surface area (TPSA) is 118 Å². The predicted octanol–water partition coefficient (Wildman–Crippen LogP) is 2.81. The van der Waals surface area contributed by atoms with Gasteiger partial charge >= 0.3 is 0 Å². The van der Waals surface area contributed by atoms with Crippen molar-refractivity contribution in [1.82, 2.24) is 18.6 Å². The number of nitro groups is 1. The van der Waals surface area contributed by atoms with Crippen molar-refractivity contribution in [2.75, 3.05) is 26.2 Å². The fourth-order valence-corrected chi connectivity index (χ4v) is 6.12. The van der Waals surface area contributed by atoms with Crippen molar-refractivity contribution in [2.24, 2.45) is 0 Å². The van der Waals surface area contributed by atoms with Crippen LogP contribution in [0.3, 0.4) is 0 Å². The van der Waals surface area contributed by atoms with Gasteiger partial charge in [0.15, 0.2) is 10.1 Å². The molecule has 4 rings (SSSR count). The first-order valence-corrected chi connectivity index (χ1v) is 12.2. The van der Waals surface area contributed by atoms with E-state index >= 15 is 0 Å². The molecule has 1 saturated heterocycles. The number of benzene rings is 1. The summed E-state index contributed by atoms with van der Waals surface area (Å²) in [5.41, 5.74) is 0.736. The average molecular weight is 496 g/mol. The first-order valence-electron chi connectivity index (χ1n) is 9.51. The summed E-state index contributed by atoms with van der Waals surface area (Å²) < 4.78 is 29.1. The van der Waals surface area contributed by atoms with E-state index in [9.17, 15) is 23.3 Å². The number of nitro benzene ring substituents is 1. The monoisotopic (exact) mass is 495 g/mol. The van der Waals surface area contributed by atoms with Gasteiger partial charge in [0, 0.05) is 56.0 Å². The van der Waals surface area contributed by atoms with Gasteiger partial charge in [-0.15, -0.1) is 11.3 Å². The number of imidazole rings is 1. The highest BCUT2D eigenvalue weighted by Crippen LogP contribution is 2.26. The number of hydrogen-bond acceptors (Lipinski definition) is 7. The van der Waals surface area contributed by atoms with Crippen LogP contribution in [-0.2, 0) is 14.8 Å². The van der Waals surface area contributed by atoms with E-state index in [2.05, 4.69) is 4.98 Å². The molecule has 2 aromatic heterocycles. The molecule has 0 aliphatic carbocycles. The molecule has 168 valence electrons. The summed E-state index contributed by atoms with van der Waals surface area (Å²) in [6, 6.07) is 3.76. The Hall–Kier alpha value is -2.80. The first-order chi connectivity index (χ1) is 15.2. The number of aryl methyl sites for hydroxylation is 1. The van der Waals surface area contributed by atoms with Gasteiger partial charge in [0.25, 0.3) is 5.69 Å². The first kappa shape index (κ1) is 22.4. The van der Waals surface area contributed by atoms with Crippen molar-refractivity contribution in [3.8, 4) is 0 Å². The van der Waals surface area contributed by atoms with Crippen molar-refractivity contribution in [1.29, 1.82) is 0 Å². The molecule has 10 nitrogen and oxygen atoms in total. The highest BCUT2D eigenvalue weighted by molar-refractivity contribution is 7.89. The molecule has 3 aromatic rings. The third kappa shape index (κ3) is 4.13. The van der Waals surface area contributed by atoms with E-state index in [0.717, 1.165) is 11.0 Å². The fraction of sp³-hybridized carbons (Fsp3) is 0.263. The van der Waals surface area contributed by atoms with Gasteiger partial charge in [0.1, 0.15) is 0 Å². The number of carbonyl (C=O) groups is 1. The second-order valence-corrected chi connectivity index (χ2v) is 10.3. The Balaban J connectivity index is 1.45. The van der Waals surface area contributed by atoms with Gasteiger partial charge in [-0.3, -0.25) is 19.3 Å². The fourth-order valence-electron chi connectivity index (χ4n) is 3.45. The molecular weight excluding hydrogens is 478 g/mol. The van der Waals surface area contributed by atoms with Gasteiger partial charge in [-0.1, -0.05) is 17.7 Å². The minimum absolute atomic E-state index is 0.0895. The van der Waals surface area contributed by atoms with Gasteiger partial charge in [-0.05, 0) is 18.6 Å². The van der Waals surface area contributed by atoms with Gasteiger partial charge < -0.3 is 4.90 Å². The minimum Gasteiger partial charge on any atom is -0.337 e. The maximum Gasteiger partial charge on any atom is 0.270 e. The number of thiazole rings is 1. The Labute approximate surface area is 192 Å². The Bertz CT molecular complexity index is 1340. The number of fused-ring (bicyclic) bond motifs is 1. The molecule has 1 aliphatic rings. The summed E-state index contributed by atoms with van der Waals surface area (Å²) >= 11 is 7.56. The molecule has 1 aromatic carbocycles. The van der Waals surface area contributed by atoms with E-state index in [1.54, 1.807) is 22.3 Å². The van der Waals surface area contributed by atoms with Crippen LogP contribution in [-0.4, -0.2) is 64.0 Å². The van der Waals surface area contributed by atoms with Crippen molar-refractivity contribution in [3.05, 3.63) is 62.4 Å². The zero-order valence-electron chi connectivity index (χ0n) is 16.8. The average Bonchev–Trinajstić information content (AvgIpc) is 3.32. The summed E-state index contributed by atoms with van der Waals surface area (Å²) in [5, 5.41) is 13.2. The summed E-state index contributed by atoms with van der Waals surface area (Å²) in [5.74, 6) is -0.269. The molecule has 1 amide bonds. The summed E-state index contributed by atoms with van der Waals surface area (Å²) in [6.07, 6.45) is 4.79. The molecule has 0 radical (unpaired) electrons. The molecule has 0 bridgehead atoms. The second kappa shape index (κ2) is 8.62. The molecule has 0 N–H and O–H groups in total. The number of non-ortho nitro benzene ring substituents is 1. The van der Waals surface area contributed by atoms with Gasteiger partial charge in [-0.25, -0.2) is 13.4 Å². The normalized spacial score (nSPS) is 15.6. The second-order valence-electron chi connectivity index (χ2n) is 7.11. The van der Waals surface area contributed by atoms with E-state index in [-0.39, 0.29) is 42.7 Å². The SMILES string of the molecule is Cc1ccc([N+](=O)[O-])cc1S(=O)(=O)N1CCN(C(=O)/C=C/c2c(Cl)nc3sccn23)CC1. The van der Waals surface area contributed by atoms with E-state index in [1.165, 1.54) is 33.9 Å². The third-order valence-electron chi connectivity index (χ3n) is 5.19. The molecule has 0 spiro atoms. The predicted molar refractivity (Wildman–Crippen MR) is 120 cm³/mol. The van der Waals surface area contributed by atoms with E-state index < -0.39 is 14.9 Å². The number of piperazine rings is 1. The molecule has 0 saturated carbocycles. The Morgan fingerprint density at radius 2 is 2.00 bits per heavy atom. The van der Waals surface area contributed by atoms with Crippen LogP contribution < -0.4 is 0 Å². The van der Waals surface area contributed by atoms with Crippen LogP contribution in [0.4, 0.5) is 5.69 Å². The van der Waals surface area contributed by atoms with Crippen LogP contribution in [0.15, 0.2) is 40.7 Å². The van der Waals surface area contributed by atoms with Gasteiger partial charge in [0.2, 0.25) is 15.9 Å². The van der Waals surface area contributed by atoms with Crippen LogP contribution in [0.5, 0.6) is 0 Å². The number of nitrogens with zero attached hydrogens (tertiary/aromatic N) is 5. The molecule has 13 heteroatoms. The number of rotatable bonds is 5. The minimum atomic E-state index is -3.92. The molecule has 32 heavy (non-hydrogen) atoms. The number of amides is 1. The Morgan fingerprint density at radius 3 is 2.69 bits per heavy atom. The molecular formula is C19H18ClN5O5S2. The molecule has 0 unspecified atom stereocenters. The van der Waals surface area contributed by atoms with Crippen LogP contribution in [0.2, 0.25) is 5.15 Å². The quantitative estimate of drug-likeness (QED) is 0.305. The highest BCUT2D eigenvalue weighted by Gasteiger charge is 2.31. The largest absolute Gasteiger partial charge is 0.337 e. The lowest BCUT2D eigenvalue weighted by atomic mass is 10.2. The number of carbonyl (C=O) groups excluding carboxylic acids is 1. The maximum absolute atomic E-state index is 13.0. The van der Waals surface area contributed by atoms with Crippen LogP contribution in [0, 0.1) is 17.0 Å². The van der Waals surface area contributed by atoms with Crippen molar-refractivity contribution >= 4 is 55.6 Å². The zero-order valence-corrected chi connectivity index (χ0v) is 19.2. The molecule has 1 fully saturated rings. The summed E-state index contributed by atoms with van der Waals surface area (Å²) in [4.78, 5) is 29.4. The highest BCUT2D eigenvalue weighted by atomic mass is 35.5. The Morgan fingerprint density at radius 1 is 1.28 bits per heavy atom. The smallest absolute Gasteiger partial charge is 0.270 e. The zero-order chi connectivity index (χ0) is 23.0. The van der Waals surface area contributed by atoms with Gasteiger partial charge in [-0.2, -0.15) is 4.31 Å². The van der Waals surface area contributed by atoms with Crippen LogP contribution in [0.25, 0.3) is 11.0 Å². The number of hydrogen-bond donors (Lipinski definition) is 0. The lowest BCUT2D eigenvalue weighted by molar-refractivity contribution is -0.385. The number of aromatic nitrogens is 2. The third-order valence-corrected chi connectivity index (χ3v) is 8.26. The van der Waals surface area contributed by atoms with Crippen LogP contribution >= 0.6 is 22.9 Å². The molecule has 0 atom stereocenters.